The number of rotatable bonds is 11. The van der Waals surface area contributed by atoms with Crippen LogP contribution < -0.4 is 5.73 Å². The smallest absolute Gasteiger partial charge is 0.421 e. The summed E-state index contributed by atoms with van der Waals surface area (Å²) in [5.74, 6) is -2.60. The molecular weight excluding hydrogens is 462 g/mol. The number of esters is 2. The number of hydrogen-bond donors (Lipinski definition) is 1. The molecule has 2 aliphatic heterocycles. The minimum Gasteiger partial charge on any atom is -0.464 e. The number of nitrogens with zero attached hydrogens (tertiary/aromatic N) is 2. The van der Waals surface area contributed by atoms with E-state index in [4.69, 9.17) is 23.7 Å². The largest absolute Gasteiger partial charge is 0.464 e. The molecule has 2 bridgehead atoms. The number of nitrogens with two attached hydrogens (primary N) is 1. The normalized spacial score (nSPS) is 22.5. The predicted molar refractivity (Wildman–Crippen MR) is 111 cm³/mol. The van der Waals surface area contributed by atoms with E-state index in [-0.39, 0.29) is 13.0 Å². The Balaban J connectivity index is 2.09. The first kappa shape index (κ1) is 26.8. The Morgan fingerprint density at radius 2 is 1.79 bits per heavy atom. The Labute approximate surface area is 192 Å². The van der Waals surface area contributed by atoms with Crippen LogP contribution in [0.25, 0.3) is 0 Å². The minimum atomic E-state index is -4.81. The molecule has 2 N–H and O–H groups in total. The van der Waals surface area contributed by atoms with E-state index in [1.54, 1.807) is 27.7 Å². The number of urea groups is 1. The summed E-state index contributed by atoms with van der Waals surface area (Å²) in [5.41, 5.74) is 3.63. The summed E-state index contributed by atoms with van der Waals surface area (Å²) in [7, 11) is -4.81. The van der Waals surface area contributed by atoms with Crippen LogP contribution in [0.2, 0.25) is 0 Å². The van der Waals surface area contributed by atoms with E-state index < -0.39 is 77.0 Å². The molecule has 2 fully saturated rings. The second-order valence-corrected chi connectivity index (χ2v) is 10.1. The zero-order valence-corrected chi connectivity index (χ0v) is 20.1. The molecule has 2 aliphatic rings. The third kappa shape index (κ3) is 6.54. The molecule has 0 aromatic heterocycles. The number of carbonyl (C=O) groups excluding carboxylic acids is 4. The van der Waals surface area contributed by atoms with Crippen molar-refractivity contribution in [1.82, 2.24) is 9.96 Å². The number of fused-ring (bicyclic) bond motifs is 2. The third-order valence-electron chi connectivity index (χ3n) is 5.18. The van der Waals surface area contributed by atoms with Crippen LogP contribution in [0.1, 0.15) is 47.5 Å². The highest BCUT2D eigenvalue weighted by atomic mass is 32.3. The van der Waals surface area contributed by atoms with Gasteiger partial charge < -0.3 is 20.1 Å². The van der Waals surface area contributed by atoms with Gasteiger partial charge in [-0.05, 0) is 33.6 Å². The predicted octanol–water partition coefficient (Wildman–Crippen LogP) is 0.0904. The number of hydrogen-bond acceptors (Lipinski definition) is 10. The average molecular weight is 494 g/mol. The fourth-order valence-electron chi connectivity index (χ4n) is 3.26. The fraction of sp³-hybridized carbons (Fsp3) is 0.789. The van der Waals surface area contributed by atoms with Crippen LogP contribution in [0.5, 0.6) is 0 Å². The van der Waals surface area contributed by atoms with Crippen LogP contribution in [0, 0.1) is 11.3 Å². The zero-order chi connectivity index (χ0) is 25.1. The molecule has 1 unspecified atom stereocenters. The van der Waals surface area contributed by atoms with Gasteiger partial charge in [-0.15, -0.1) is 4.28 Å². The first-order valence-electron chi connectivity index (χ1n) is 10.5. The van der Waals surface area contributed by atoms with Gasteiger partial charge in [0.1, 0.15) is 18.1 Å². The van der Waals surface area contributed by atoms with Gasteiger partial charge in [-0.2, -0.15) is 13.5 Å². The monoisotopic (exact) mass is 493 g/mol. The van der Waals surface area contributed by atoms with Crippen molar-refractivity contribution in [3.63, 3.8) is 0 Å². The van der Waals surface area contributed by atoms with Gasteiger partial charge >= 0.3 is 28.4 Å². The SMILES string of the molecule is CC(C)OC(=O)C(C)(COC(=O)C(C)C)COS(=O)(=O)ON1C(=O)N2C[C@H]1CC[C@H]2C(N)=O. The minimum absolute atomic E-state index is 0.0749. The van der Waals surface area contributed by atoms with Crippen LogP contribution in [0.15, 0.2) is 0 Å². The molecule has 2 saturated heterocycles. The molecule has 3 amide bonds. The molecule has 0 spiro atoms. The molecule has 0 aromatic rings. The van der Waals surface area contributed by atoms with E-state index in [0.717, 1.165) is 4.90 Å². The Hall–Kier alpha value is -2.45. The number of hydroxylamine groups is 2. The van der Waals surface area contributed by atoms with Crippen molar-refractivity contribution in [2.45, 2.75) is 65.6 Å². The molecular formula is C19H31N3O10S. The van der Waals surface area contributed by atoms with Gasteiger partial charge in [-0.3, -0.25) is 14.4 Å². The summed E-state index contributed by atoms with van der Waals surface area (Å²) >= 11 is 0. The molecule has 13 nitrogen and oxygen atoms in total. The lowest BCUT2D eigenvalue weighted by molar-refractivity contribution is -0.169. The molecule has 0 aromatic carbocycles. The Bertz CT molecular complexity index is 890. The van der Waals surface area contributed by atoms with Crippen molar-refractivity contribution in [2.24, 2.45) is 17.1 Å². The molecule has 3 atom stereocenters. The lowest BCUT2D eigenvalue weighted by Crippen LogP contribution is -2.47. The van der Waals surface area contributed by atoms with E-state index in [2.05, 4.69) is 0 Å². The van der Waals surface area contributed by atoms with Crippen molar-refractivity contribution in [1.29, 1.82) is 0 Å². The maximum Gasteiger partial charge on any atom is 0.421 e. The number of piperidine rings is 1. The molecule has 0 saturated carbocycles. The molecule has 0 radical (unpaired) electrons. The summed E-state index contributed by atoms with van der Waals surface area (Å²) in [5, 5.41) is 0.626. The van der Waals surface area contributed by atoms with Crippen molar-refractivity contribution < 1.29 is 45.5 Å². The second-order valence-electron chi connectivity index (χ2n) is 8.93. The molecule has 2 heterocycles. The fourth-order valence-corrected chi connectivity index (χ4v) is 4.09. The van der Waals surface area contributed by atoms with Crippen molar-refractivity contribution >= 4 is 34.3 Å². The van der Waals surface area contributed by atoms with Gasteiger partial charge in [-0.1, -0.05) is 13.8 Å². The maximum atomic E-state index is 12.6. The van der Waals surface area contributed by atoms with Gasteiger partial charge in [-0.25, -0.2) is 8.98 Å². The highest BCUT2D eigenvalue weighted by Crippen LogP contribution is 2.31. The summed E-state index contributed by atoms with van der Waals surface area (Å²) < 4.78 is 44.9. The topological polar surface area (TPSA) is 172 Å². The average Bonchev–Trinajstić information content (AvgIpc) is 2.94. The number of amides is 3. The van der Waals surface area contributed by atoms with Crippen LogP contribution in [-0.2, 0) is 42.7 Å². The van der Waals surface area contributed by atoms with Gasteiger partial charge in [0.05, 0.1) is 24.7 Å². The standard InChI is InChI=1S/C19H31N3O10S/c1-11(2)16(24)29-9-19(5,17(25)31-12(3)4)10-30-33(27,28)32-22-13-6-7-14(15(20)23)21(8-13)18(22)26/h11-14H,6-10H2,1-5H3,(H2,20,23)/t13-,14+,19?/m1/s1. The Kier molecular flexibility index (Phi) is 8.30. The summed E-state index contributed by atoms with van der Waals surface area (Å²) in [6.07, 6.45) is 0.0566. The van der Waals surface area contributed by atoms with Crippen LogP contribution in [0.3, 0.4) is 0 Å². The third-order valence-corrected chi connectivity index (χ3v) is 5.93. The molecule has 33 heavy (non-hydrogen) atoms. The Morgan fingerprint density at radius 1 is 1.15 bits per heavy atom. The molecule has 14 heteroatoms. The number of primary amides is 1. The van der Waals surface area contributed by atoms with Crippen molar-refractivity contribution in [2.75, 3.05) is 19.8 Å². The van der Waals surface area contributed by atoms with Crippen molar-refractivity contribution in [3.05, 3.63) is 0 Å². The summed E-state index contributed by atoms with van der Waals surface area (Å²) in [6, 6.07) is -2.30. The maximum absolute atomic E-state index is 12.6. The van der Waals surface area contributed by atoms with Gasteiger partial charge in [0.15, 0.2) is 0 Å². The zero-order valence-electron chi connectivity index (χ0n) is 19.3. The van der Waals surface area contributed by atoms with E-state index in [0.29, 0.717) is 11.5 Å². The first-order chi connectivity index (χ1) is 15.2. The second kappa shape index (κ2) is 10.2. The number of ether oxygens (including phenoxy) is 2. The highest BCUT2D eigenvalue weighted by Gasteiger charge is 2.49. The molecule has 0 aliphatic carbocycles. The summed E-state index contributed by atoms with van der Waals surface area (Å²) in [6.45, 7) is 6.53. The van der Waals surface area contributed by atoms with E-state index in [1.165, 1.54) is 6.92 Å². The molecule has 188 valence electrons. The van der Waals surface area contributed by atoms with Gasteiger partial charge in [0, 0.05) is 6.54 Å². The van der Waals surface area contributed by atoms with E-state index >= 15 is 0 Å². The van der Waals surface area contributed by atoms with Gasteiger partial charge in [0.25, 0.3) is 0 Å². The van der Waals surface area contributed by atoms with Crippen LogP contribution >= 0.6 is 0 Å². The van der Waals surface area contributed by atoms with E-state index in [9.17, 15) is 27.6 Å². The van der Waals surface area contributed by atoms with E-state index in [1.807, 2.05) is 0 Å². The van der Waals surface area contributed by atoms with Gasteiger partial charge in [0.2, 0.25) is 5.91 Å². The van der Waals surface area contributed by atoms with Crippen molar-refractivity contribution in [3.8, 4) is 0 Å². The van der Waals surface area contributed by atoms with Crippen LogP contribution in [-0.4, -0.2) is 80.2 Å². The highest BCUT2D eigenvalue weighted by molar-refractivity contribution is 7.81. The molecule has 2 rings (SSSR count). The Morgan fingerprint density at radius 3 is 2.33 bits per heavy atom. The van der Waals surface area contributed by atoms with Crippen LogP contribution in [0.4, 0.5) is 4.79 Å². The first-order valence-corrected chi connectivity index (χ1v) is 11.9. The quantitative estimate of drug-likeness (QED) is 0.389. The lowest BCUT2D eigenvalue weighted by Gasteiger charge is -2.28. The number of carbonyl (C=O) groups is 4. The summed E-state index contributed by atoms with van der Waals surface area (Å²) in [4.78, 5) is 49.6. The lowest BCUT2D eigenvalue weighted by atomic mass is 9.93.